The van der Waals surface area contributed by atoms with Gasteiger partial charge in [0, 0.05) is 42.7 Å². The number of phenols is 1. The van der Waals surface area contributed by atoms with Crippen LogP contribution in [0.5, 0.6) is 11.8 Å². The molecule has 1 N–H and O–H groups in total. The van der Waals surface area contributed by atoms with Gasteiger partial charge in [-0.15, -0.1) is 0 Å². The van der Waals surface area contributed by atoms with Gasteiger partial charge in [-0.25, -0.2) is 8.78 Å². The number of aromatic nitrogens is 2. The van der Waals surface area contributed by atoms with Crippen molar-refractivity contribution in [2.45, 2.75) is 39.3 Å². The van der Waals surface area contributed by atoms with Gasteiger partial charge in [-0.2, -0.15) is 9.97 Å². The summed E-state index contributed by atoms with van der Waals surface area (Å²) in [5.41, 5.74) is -0.763. The molecule has 2 aromatic carbocycles. The van der Waals surface area contributed by atoms with E-state index in [9.17, 15) is 14.3 Å². The number of fused-ring (bicyclic) bond motifs is 1. The molecule has 2 heterocycles. The third-order valence-corrected chi connectivity index (χ3v) is 7.55. The molecular formula is C29H34ClF2N5O3. The van der Waals surface area contributed by atoms with Crippen molar-refractivity contribution < 1.29 is 23.4 Å². The van der Waals surface area contributed by atoms with Gasteiger partial charge >= 0.3 is 6.01 Å². The minimum absolute atomic E-state index is 0.0315. The first-order valence-electron chi connectivity index (χ1n) is 13.3. The smallest absolute Gasteiger partial charge is 0.319 e. The number of hydrogen-bond donors (Lipinski definition) is 1. The normalized spacial score (nSPS) is 17.5. The predicted octanol–water partition coefficient (Wildman–Crippen LogP) is 5.27. The van der Waals surface area contributed by atoms with E-state index in [-0.39, 0.29) is 45.7 Å². The summed E-state index contributed by atoms with van der Waals surface area (Å²) in [4.78, 5) is 27.2. The summed E-state index contributed by atoms with van der Waals surface area (Å²) in [7, 11) is 2.00. The highest BCUT2D eigenvalue weighted by atomic mass is 35.5. The molecule has 1 fully saturated rings. The van der Waals surface area contributed by atoms with E-state index < -0.39 is 17.4 Å². The average molecular weight is 574 g/mol. The highest BCUT2D eigenvalue weighted by molar-refractivity contribution is 6.34. The summed E-state index contributed by atoms with van der Waals surface area (Å²) in [5, 5.41) is 10.6. The molecule has 0 unspecified atom stereocenters. The summed E-state index contributed by atoms with van der Waals surface area (Å²) in [6, 6.07) is 4.78. The number of nitrogens with zero attached hydrogens (tertiary/aromatic N) is 5. The Labute approximate surface area is 237 Å². The minimum atomic E-state index is -0.900. The lowest BCUT2D eigenvalue weighted by Crippen LogP contribution is -2.58. The number of ether oxygens (including phenoxy) is 1. The third-order valence-electron chi connectivity index (χ3n) is 7.25. The molecule has 1 aliphatic rings. The number of benzene rings is 2. The van der Waals surface area contributed by atoms with E-state index in [0.717, 1.165) is 19.2 Å². The zero-order valence-corrected chi connectivity index (χ0v) is 23.9. The average Bonchev–Trinajstić information content (AvgIpc) is 2.93. The Kier molecular flexibility index (Phi) is 9.10. The molecule has 1 aromatic heterocycles. The zero-order valence-electron chi connectivity index (χ0n) is 23.1. The topological polar surface area (TPSA) is 82.0 Å². The van der Waals surface area contributed by atoms with E-state index in [0.29, 0.717) is 37.3 Å². The lowest BCUT2D eigenvalue weighted by molar-refractivity contribution is -0.128. The summed E-state index contributed by atoms with van der Waals surface area (Å²) >= 11 is 6.54. The molecule has 4 rings (SSSR count). The Balaban J connectivity index is 1.84. The molecule has 1 aliphatic heterocycles. The lowest BCUT2D eigenvalue weighted by atomic mass is 10.0. The van der Waals surface area contributed by atoms with Crippen LogP contribution >= 0.6 is 11.6 Å². The number of anilines is 1. The van der Waals surface area contributed by atoms with Gasteiger partial charge in [0.25, 0.3) is 0 Å². The largest absolute Gasteiger partial charge is 0.507 e. The number of aromatic hydroxyl groups is 1. The molecule has 0 spiro atoms. The second-order valence-corrected chi connectivity index (χ2v) is 10.5. The van der Waals surface area contributed by atoms with E-state index in [2.05, 4.69) is 28.4 Å². The maximum atomic E-state index is 16.2. The first-order valence-corrected chi connectivity index (χ1v) is 13.6. The Morgan fingerprint density at radius 3 is 2.67 bits per heavy atom. The van der Waals surface area contributed by atoms with Crippen LogP contribution in [0, 0.1) is 11.6 Å². The zero-order chi connectivity index (χ0) is 29.1. The van der Waals surface area contributed by atoms with Gasteiger partial charge in [-0.3, -0.25) is 4.79 Å². The van der Waals surface area contributed by atoms with Gasteiger partial charge in [0.15, 0.2) is 5.82 Å². The molecule has 11 heteroatoms. The number of piperazine rings is 1. The highest BCUT2D eigenvalue weighted by Crippen LogP contribution is 2.43. The molecule has 2 atom stereocenters. The molecule has 3 aromatic rings. The third kappa shape index (κ3) is 5.83. The number of halogens is 3. The van der Waals surface area contributed by atoms with Crippen molar-refractivity contribution in [3.05, 3.63) is 53.6 Å². The molecule has 0 bridgehead atoms. The molecule has 1 saturated heterocycles. The fourth-order valence-corrected chi connectivity index (χ4v) is 5.22. The van der Waals surface area contributed by atoms with Gasteiger partial charge < -0.3 is 24.5 Å². The minimum Gasteiger partial charge on any atom is -0.507 e. The molecule has 8 nitrogen and oxygen atoms in total. The Bertz CT molecular complexity index is 1400. The standard InChI is InChI=1S/C29H34ClF2N5O3/c1-6-23(39)36-15-18(4)37(16-17(36)3)28-19-14-20(30)24(25-21(31)10-8-11-22(25)38)26(32)27(19)33-29(34-28)40-13-9-12-35(5)7-2/h6,8,10-11,14,17-18,38H,1,7,9,12-13,15-16H2,2-5H3/t17-,18+/m1/s1. The van der Waals surface area contributed by atoms with E-state index in [4.69, 9.17) is 16.3 Å². The van der Waals surface area contributed by atoms with E-state index in [1.54, 1.807) is 4.90 Å². The van der Waals surface area contributed by atoms with Crippen LogP contribution in [0.25, 0.3) is 22.0 Å². The van der Waals surface area contributed by atoms with Crippen molar-refractivity contribution >= 4 is 34.2 Å². The monoisotopic (exact) mass is 573 g/mol. The predicted molar refractivity (Wildman–Crippen MR) is 153 cm³/mol. The van der Waals surface area contributed by atoms with Gasteiger partial charge in [-0.1, -0.05) is 31.2 Å². The number of rotatable bonds is 9. The fraction of sp³-hybridized carbons (Fsp3) is 0.414. The van der Waals surface area contributed by atoms with Crippen LogP contribution in [0.2, 0.25) is 5.02 Å². The van der Waals surface area contributed by atoms with E-state index in [1.165, 1.54) is 24.3 Å². The molecular weight excluding hydrogens is 540 g/mol. The Morgan fingerprint density at radius 1 is 1.25 bits per heavy atom. The van der Waals surface area contributed by atoms with Crippen molar-refractivity contribution in [2.75, 3.05) is 44.7 Å². The molecule has 40 heavy (non-hydrogen) atoms. The van der Waals surface area contributed by atoms with Crippen molar-refractivity contribution in [3.63, 3.8) is 0 Å². The molecule has 214 valence electrons. The summed E-state index contributed by atoms with van der Waals surface area (Å²) in [6.07, 6.45) is 1.99. The maximum absolute atomic E-state index is 16.2. The number of hydrogen-bond acceptors (Lipinski definition) is 7. The van der Waals surface area contributed by atoms with Gasteiger partial charge in [-0.05, 0) is 58.1 Å². The van der Waals surface area contributed by atoms with Crippen LogP contribution in [-0.2, 0) is 4.79 Å². The van der Waals surface area contributed by atoms with Crippen LogP contribution in [-0.4, -0.2) is 82.7 Å². The highest BCUT2D eigenvalue weighted by Gasteiger charge is 2.34. The number of phenolic OH excluding ortho intramolecular Hbond substituents is 1. The van der Waals surface area contributed by atoms with Crippen molar-refractivity contribution in [1.29, 1.82) is 0 Å². The van der Waals surface area contributed by atoms with Crippen LogP contribution in [0.15, 0.2) is 36.9 Å². The van der Waals surface area contributed by atoms with E-state index in [1.807, 2.05) is 25.8 Å². The first-order chi connectivity index (χ1) is 19.1. The summed E-state index contributed by atoms with van der Waals surface area (Å²) in [5.74, 6) is -1.95. The maximum Gasteiger partial charge on any atom is 0.319 e. The first kappa shape index (κ1) is 29.5. The molecule has 1 amide bonds. The summed E-state index contributed by atoms with van der Waals surface area (Å²) < 4.78 is 36.9. The molecule has 0 aliphatic carbocycles. The van der Waals surface area contributed by atoms with Gasteiger partial charge in [0.05, 0.1) is 17.2 Å². The van der Waals surface area contributed by atoms with Crippen molar-refractivity contribution in [1.82, 2.24) is 19.8 Å². The Hall–Kier alpha value is -3.50. The van der Waals surface area contributed by atoms with Crippen molar-refractivity contribution in [2.24, 2.45) is 0 Å². The van der Waals surface area contributed by atoms with Gasteiger partial charge in [0.2, 0.25) is 5.91 Å². The van der Waals surface area contributed by atoms with Crippen LogP contribution in [0.4, 0.5) is 14.6 Å². The molecule has 0 radical (unpaired) electrons. The fourth-order valence-electron chi connectivity index (χ4n) is 4.93. The van der Waals surface area contributed by atoms with Gasteiger partial charge in [0.1, 0.15) is 22.9 Å². The molecule has 0 saturated carbocycles. The quantitative estimate of drug-likeness (QED) is 0.276. The lowest BCUT2D eigenvalue weighted by Gasteiger charge is -2.44. The number of amides is 1. The van der Waals surface area contributed by atoms with Crippen LogP contribution in [0.1, 0.15) is 27.2 Å². The van der Waals surface area contributed by atoms with Crippen LogP contribution < -0.4 is 9.64 Å². The second kappa shape index (κ2) is 12.3. The number of carbonyl (C=O) groups is 1. The van der Waals surface area contributed by atoms with Crippen LogP contribution in [0.3, 0.4) is 0 Å². The SMILES string of the molecule is C=CC(=O)N1C[C@H](C)N(c2nc(OCCCN(C)CC)nc3c(F)c(-c4c(O)cccc4F)c(Cl)cc23)C[C@H]1C. The Morgan fingerprint density at radius 2 is 2.00 bits per heavy atom. The number of carbonyl (C=O) groups excluding carboxylic acids is 1. The van der Waals surface area contributed by atoms with Crippen molar-refractivity contribution in [3.8, 4) is 22.9 Å². The second-order valence-electron chi connectivity index (χ2n) is 10.1. The van der Waals surface area contributed by atoms with E-state index >= 15 is 4.39 Å². The summed E-state index contributed by atoms with van der Waals surface area (Å²) in [6.45, 7) is 12.3.